The Balaban J connectivity index is 2.38. The van der Waals surface area contributed by atoms with Gasteiger partial charge in [0.2, 0.25) is 0 Å². The van der Waals surface area contributed by atoms with Gasteiger partial charge in [0.05, 0.1) is 0 Å². The van der Waals surface area contributed by atoms with Crippen LogP contribution in [-0.4, -0.2) is 21.3 Å². The Morgan fingerprint density at radius 2 is 1.71 bits per heavy atom. The van der Waals surface area contributed by atoms with Gasteiger partial charge in [0.15, 0.2) is 0 Å². The molecule has 0 bridgehead atoms. The molecule has 0 atom stereocenters. The molecule has 17 heavy (non-hydrogen) atoms. The molecule has 1 aliphatic carbocycles. The van der Waals surface area contributed by atoms with Gasteiger partial charge in [-0.2, -0.15) is 0 Å². The van der Waals surface area contributed by atoms with Crippen LogP contribution >= 0.6 is 0 Å². The molecule has 1 saturated carbocycles. The van der Waals surface area contributed by atoms with Crippen molar-refractivity contribution in [3.05, 3.63) is 23.3 Å². The van der Waals surface area contributed by atoms with E-state index in [2.05, 4.69) is 0 Å². The third-order valence-electron chi connectivity index (χ3n) is 3.42. The van der Waals surface area contributed by atoms with E-state index in [0.717, 1.165) is 31.7 Å². The Kier molecular flexibility index (Phi) is 3.22. The fourth-order valence-corrected chi connectivity index (χ4v) is 2.51. The molecule has 0 unspecified atom stereocenters. The molecular formula is C13H16O4. The van der Waals surface area contributed by atoms with E-state index in [9.17, 15) is 15.0 Å². The highest BCUT2D eigenvalue weighted by Crippen LogP contribution is 2.39. The van der Waals surface area contributed by atoms with Crippen molar-refractivity contribution in [2.75, 3.05) is 0 Å². The number of aromatic carboxylic acids is 1. The van der Waals surface area contributed by atoms with Crippen molar-refractivity contribution in [3.63, 3.8) is 0 Å². The first kappa shape index (κ1) is 11.8. The van der Waals surface area contributed by atoms with Crippen LogP contribution in [0.25, 0.3) is 0 Å². The molecule has 1 aromatic rings. The zero-order valence-corrected chi connectivity index (χ0v) is 9.52. The monoisotopic (exact) mass is 236 g/mol. The second-order valence-electron chi connectivity index (χ2n) is 4.57. The Hall–Kier alpha value is -1.71. The Morgan fingerprint density at radius 1 is 1.06 bits per heavy atom. The lowest BCUT2D eigenvalue weighted by atomic mass is 9.83. The van der Waals surface area contributed by atoms with Crippen LogP contribution in [0.4, 0.5) is 0 Å². The average molecular weight is 236 g/mol. The molecule has 0 radical (unpaired) electrons. The number of hydrogen-bond donors (Lipinski definition) is 3. The van der Waals surface area contributed by atoms with Crippen LogP contribution in [0.3, 0.4) is 0 Å². The molecule has 0 saturated heterocycles. The summed E-state index contributed by atoms with van der Waals surface area (Å²) in [7, 11) is 0. The van der Waals surface area contributed by atoms with Crippen molar-refractivity contribution in [1.82, 2.24) is 0 Å². The van der Waals surface area contributed by atoms with E-state index in [4.69, 9.17) is 5.11 Å². The number of benzene rings is 1. The number of phenols is 2. The number of rotatable bonds is 2. The fourth-order valence-electron chi connectivity index (χ4n) is 2.51. The van der Waals surface area contributed by atoms with E-state index in [1.807, 2.05) is 0 Å². The quantitative estimate of drug-likeness (QED) is 0.737. The van der Waals surface area contributed by atoms with Gasteiger partial charge < -0.3 is 15.3 Å². The number of phenolic OH excluding ortho intramolecular Hbond substituents is 1. The largest absolute Gasteiger partial charge is 0.508 e. The lowest BCUT2D eigenvalue weighted by Crippen LogP contribution is -2.07. The molecule has 0 heterocycles. The molecule has 3 N–H and O–H groups in total. The standard InChI is InChI=1S/C13H16O4/c14-11-7-12(15)10(13(16)17)6-9(11)8-4-2-1-3-5-8/h6-8,14-15H,1-5H2,(H,16,17). The Labute approximate surface area is 99.5 Å². The molecule has 92 valence electrons. The number of aromatic hydroxyl groups is 2. The summed E-state index contributed by atoms with van der Waals surface area (Å²) in [5.74, 6) is -1.34. The minimum absolute atomic E-state index is 0.000556. The minimum atomic E-state index is -1.17. The summed E-state index contributed by atoms with van der Waals surface area (Å²) in [6, 6.07) is 2.54. The van der Waals surface area contributed by atoms with E-state index >= 15 is 0 Å². The van der Waals surface area contributed by atoms with Gasteiger partial charge in [-0.3, -0.25) is 0 Å². The normalized spacial score (nSPS) is 16.9. The van der Waals surface area contributed by atoms with Crippen molar-refractivity contribution in [2.24, 2.45) is 0 Å². The van der Waals surface area contributed by atoms with Crippen molar-refractivity contribution in [1.29, 1.82) is 0 Å². The van der Waals surface area contributed by atoms with Crippen LogP contribution in [0.5, 0.6) is 11.5 Å². The van der Waals surface area contributed by atoms with Crippen LogP contribution in [0, 0.1) is 0 Å². The number of hydrogen-bond acceptors (Lipinski definition) is 3. The lowest BCUT2D eigenvalue weighted by Gasteiger charge is -2.23. The topological polar surface area (TPSA) is 77.8 Å². The molecular weight excluding hydrogens is 220 g/mol. The molecule has 0 spiro atoms. The molecule has 0 aliphatic heterocycles. The summed E-state index contributed by atoms with van der Waals surface area (Å²) >= 11 is 0. The summed E-state index contributed by atoms with van der Waals surface area (Å²) in [6.45, 7) is 0. The molecule has 1 aromatic carbocycles. The van der Waals surface area contributed by atoms with Gasteiger partial charge in [0, 0.05) is 6.07 Å². The van der Waals surface area contributed by atoms with Gasteiger partial charge in [0.25, 0.3) is 0 Å². The average Bonchev–Trinajstić information content (AvgIpc) is 2.29. The summed E-state index contributed by atoms with van der Waals surface area (Å²) < 4.78 is 0. The van der Waals surface area contributed by atoms with Crippen LogP contribution in [-0.2, 0) is 0 Å². The first-order valence-corrected chi connectivity index (χ1v) is 5.88. The Morgan fingerprint density at radius 3 is 2.29 bits per heavy atom. The van der Waals surface area contributed by atoms with E-state index in [-0.39, 0.29) is 23.0 Å². The van der Waals surface area contributed by atoms with Crippen molar-refractivity contribution in [2.45, 2.75) is 38.0 Å². The second-order valence-corrected chi connectivity index (χ2v) is 4.57. The van der Waals surface area contributed by atoms with E-state index < -0.39 is 5.97 Å². The molecule has 2 rings (SSSR count). The van der Waals surface area contributed by atoms with Gasteiger partial charge in [0.1, 0.15) is 17.1 Å². The van der Waals surface area contributed by atoms with Gasteiger partial charge in [-0.25, -0.2) is 4.79 Å². The zero-order chi connectivity index (χ0) is 12.4. The highest BCUT2D eigenvalue weighted by molar-refractivity contribution is 5.91. The summed E-state index contributed by atoms with van der Waals surface area (Å²) in [5, 5.41) is 28.2. The number of carboxylic acid groups (broad SMARTS) is 1. The predicted octanol–water partition coefficient (Wildman–Crippen LogP) is 2.84. The van der Waals surface area contributed by atoms with Gasteiger partial charge in [-0.15, -0.1) is 0 Å². The van der Waals surface area contributed by atoms with Crippen LogP contribution in [0.2, 0.25) is 0 Å². The van der Waals surface area contributed by atoms with Crippen molar-refractivity contribution < 1.29 is 20.1 Å². The molecule has 0 aromatic heterocycles. The SMILES string of the molecule is O=C(O)c1cc(C2CCCCC2)c(O)cc1O. The summed E-state index contributed by atoms with van der Waals surface area (Å²) in [4.78, 5) is 10.9. The van der Waals surface area contributed by atoms with Gasteiger partial charge in [-0.05, 0) is 30.4 Å². The van der Waals surface area contributed by atoms with Crippen LogP contribution in [0.15, 0.2) is 12.1 Å². The maximum absolute atomic E-state index is 10.9. The van der Waals surface area contributed by atoms with E-state index in [0.29, 0.717) is 5.56 Å². The number of carboxylic acids is 1. The van der Waals surface area contributed by atoms with Crippen LogP contribution in [0.1, 0.15) is 53.9 Å². The van der Waals surface area contributed by atoms with Gasteiger partial charge in [-0.1, -0.05) is 19.3 Å². The lowest BCUT2D eigenvalue weighted by molar-refractivity contribution is 0.0693. The Bertz CT molecular complexity index is 433. The van der Waals surface area contributed by atoms with Crippen molar-refractivity contribution in [3.8, 4) is 11.5 Å². The maximum Gasteiger partial charge on any atom is 0.339 e. The second kappa shape index (κ2) is 4.65. The highest BCUT2D eigenvalue weighted by Gasteiger charge is 2.22. The van der Waals surface area contributed by atoms with Crippen LogP contribution < -0.4 is 0 Å². The molecule has 1 aliphatic rings. The first-order valence-electron chi connectivity index (χ1n) is 5.88. The highest BCUT2D eigenvalue weighted by atomic mass is 16.4. The fraction of sp³-hybridized carbons (Fsp3) is 0.462. The summed E-state index contributed by atoms with van der Waals surface area (Å²) in [5.41, 5.74) is 0.517. The van der Waals surface area contributed by atoms with Crippen molar-refractivity contribution >= 4 is 5.97 Å². The first-order chi connectivity index (χ1) is 8.09. The predicted molar refractivity (Wildman–Crippen MR) is 62.6 cm³/mol. The molecule has 4 heteroatoms. The smallest absolute Gasteiger partial charge is 0.339 e. The molecule has 0 amide bonds. The minimum Gasteiger partial charge on any atom is -0.508 e. The van der Waals surface area contributed by atoms with Gasteiger partial charge >= 0.3 is 5.97 Å². The molecule has 1 fully saturated rings. The third kappa shape index (κ3) is 2.35. The summed E-state index contributed by atoms with van der Waals surface area (Å²) in [6.07, 6.45) is 5.34. The zero-order valence-electron chi connectivity index (χ0n) is 9.52. The maximum atomic E-state index is 10.9. The third-order valence-corrected chi connectivity index (χ3v) is 3.42. The molecule has 4 nitrogen and oxygen atoms in total. The van der Waals surface area contributed by atoms with E-state index in [1.54, 1.807) is 0 Å². The van der Waals surface area contributed by atoms with E-state index in [1.165, 1.54) is 12.5 Å². The number of carbonyl (C=O) groups is 1.